The smallest absolute Gasteiger partial charge is 0.333 e. The zero-order valence-corrected chi connectivity index (χ0v) is 27.9. The molecule has 0 aliphatic carbocycles. The summed E-state index contributed by atoms with van der Waals surface area (Å²) >= 11 is 0. The number of hydrogen-bond donors (Lipinski definition) is 2. The first kappa shape index (κ1) is 35.6. The molecule has 0 fully saturated rings. The molecular weight excluding hydrogens is 638 g/mol. The number of esters is 2. The van der Waals surface area contributed by atoms with Crippen molar-refractivity contribution in [1.82, 2.24) is 0 Å². The van der Waals surface area contributed by atoms with Crippen LogP contribution in [-0.4, -0.2) is 66.7 Å². The van der Waals surface area contributed by atoms with Gasteiger partial charge in [-0.25, -0.2) is 9.59 Å². The summed E-state index contributed by atoms with van der Waals surface area (Å²) in [4.78, 5) is 39.4. The van der Waals surface area contributed by atoms with Crippen molar-refractivity contribution in [2.75, 3.05) is 31.3 Å². The molecule has 0 aromatic heterocycles. The molecule has 10 nitrogen and oxygen atoms in total. The second-order valence-corrected chi connectivity index (χ2v) is 12.0. The molecule has 0 radical (unpaired) electrons. The van der Waals surface area contributed by atoms with Crippen LogP contribution in [0.4, 0.5) is 5.69 Å². The molecule has 0 spiro atoms. The van der Waals surface area contributed by atoms with Crippen molar-refractivity contribution in [3.63, 3.8) is 0 Å². The molecule has 1 heterocycles. The highest BCUT2D eigenvalue weighted by molar-refractivity contribution is 6.13. The van der Waals surface area contributed by atoms with Gasteiger partial charge in [-0.05, 0) is 73.0 Å². The molecule has 0 saturated carbocycles. The maximum Gasteiger partial charge on any atom is 0.333 e. The molecule has 4 aromatic rings. The van der Waals surface area contributed by atoms with Crippen LogP contribution in [0.3, 0.4) is 0 Å². The summed E-state index contributed by atoms with van der Waals surface area (Å²) in [7, 11) is 0. The van der Waals surface area contributed by atoms with Gasteiger partial charge in [0, 0.05) is 22.4 Å². The lowest BCUT2D eigenvalue weighted by molar-refractivity contribution is -0.143. The predicted molar refractivity (Wildman–Crippen MR) is 187 cm³/mol. The summed E-state index contributed by atoms with van der Waals surface area (Å²) in [6, 6.07) is 31.5. The predicted octanol–water partition coefficient (Wildman–Crippen LogP) is 5.36. The Balaban J connectivity index is 1.47. The van der Waals surface area contributed by atoms with E-state index in [-0.39, 0.29) is 43.5 Å². The van der Waals surface area contributed by atoms with Crippen LogP contribution in [0.25, 0.3) is 0 Å². The molecule has 4 aromatic carbocycles. The molecule has 2 N–H and O–H groups in total. The number of aliphatic hydroxyl groups excluding tert-OH is 2. The van der Waals surface area contributed by atoms with Crippen molar-refractivity contribution in [1.29, 1.82) is 0 Å². The minimum absolute atomic E-state index is 0.113. The number of amides is 1. The van der Waals surface area contributed by atoms with Gasteiger partial charge >= 0.3 is 11.9 Å². The monoisotopic (exact) mass is 677 g/mol. The summed E-state index contributed by atoms with van der Waals surface area (Å²) in [5.74, 6) is -0.422. The Hall–Kier alpha value is -5.71. The van der Waals surface area contributed by atoms with Crippen LogP contribution in [-0.2, 0) is 24.6 Å². The SMILES string of the molecule is C=C(C)C(=O)OCC(O)COc1ccc(C2(c3ccc(OCC(O)COC(=O)C(=C)C)cc3)c3ccccc3C(=O)N2c2ccccc2)cc1. The van der Waals surface area contributed by atoms with Crippen molar-refractivity contribution >= 4 is 23.5 Å². The van der Waals surface area contributed by atoms with Gasteiger partial charge in [0.05, 0.1) is 0 Å². The molecule has 2 unspecified atom stereocenters. The van der Waals surface area contributed by atoms with Gasteiger partial charge < -0.3 is 29.2 Å². The van der Waals surface area contributed by atoms with E-state index in [1.165, 1.54) is 13.8 Å². The van der Waals surface area contributed by atoms with Crippen LogP contribution < -0.4 is 14.4 Å². The molecule has 1 amide bonds. The third kappa shape index (κ3) is 7.62. The van der Waals surface area contributed by atoms with Crippen LogP contribution in [0.15, 0.2) is 127 Å². The number of para-hydroxylation sites is 1. The maximum atomic E-state index is 14.3. The fourth-order valence-electron chi connectivity index (χ4n) is 5.66. The number of carbonyl (C=O) groups is 3. The van der Waals surface area contributed by atoms with Gasteiger partial charge in [-0.3, -0.25) is 9.69 Å². The fourth-order valence-corrected chi connectivity index (χ4v) is 5.66. The van der Waals surface area contributed by atoms with E-state index in [1.807, 2.05) is 78.9 Å². The number of nitrogens with zero attached hydrogens (tertiary/aromatic N) is 1. The van der Waals surface area contributed by atoms with Crippen LogP contribution >= 0.6 is 0 Å². The van der Waals surface area contributed by atoms with Crippen LogP contribution in [0.2, 0.25) is 0 Å². The minimum atomic E-state index is -1.11. The molecule has 1 aliphatic heterocycles. The number of aliphatic hydroxyl groups is 2. The second kappa shape index (κ2) is 15.7. The van der Waals surface area contributed by atoms with Crippen LogP contribution in [0.5, 0.6) is 11.5 Å². The molecule has 10 heteroatoms. The molecule has 5 rings (SSSR count). The van der Waals surface area contributed by atoms with E-state index in [2.05, 4.69) is 13.2 Å². The number of ether oxygens (including phenoxy) is 4. The normalized spacial score (nSPS) is 16.2. The number of anilines is 1. The topological polar surface area (TPSA) is 132 Å². The van der Waals surface area contributed by atoms with Gasteiger partial charge in [0.15, 0.2) is 0 Å². The number of carbonyl (C=O) groups excluding carboxylic acids is 3. The third-order valence-electron chi connectivity index (χ3n) is 8.04. The Morgan fingerprint density at radius 1 is 0.660 bits per heavy atom. The summed E-state index contributed by atoms with van der Waals surface area (Å²) in [6.45, 7) is 9.41. The lowest BCUT2D eigenvalue weighted by atomic mass is 9.76. The Morgan fingerprint density at radius 3 is 1.56 bits per heavy atom. The fraction of sp³-hybridized carbons (Fsp3) is 0.225. The van der Waals surface area contributed by atoms with Gasteiger partial charge in [-0.2, -0.15) is 0 Å². The zero-order chi connectivity index (χ0) is 35.8. The molecule has 258 valence electrons. The summed E-state index contributed by atoms with van der Waals surface area (Å²) in [6.07, 6.45) is -2.10. The average Bonchev–Trinajstić information content (AvgIpc) is 3.40. The largest absolute Gasteiger partial charge is 0.491 e. The van der Waals surface area contributed by atoms with E-state index in [4.69, 9.17) is 18.9 Å². The van der Waals surface area contributed by atoms with Crippen molar-refractivity contribution in [2.45, 2.75) is 31.6 Å². The highest BCUT2D eigenvalue weighted by atomic mass is 16.6. The Labute approximate surface area is 290 Å². The maximum absolute atomic E-state index is 14.3. The standard InChI is InChI=1S/C40H39NO9/c1-26(2)38(45)49-24-31(42)22-47-33-18-14-28(15-19-33)40(29-16-20-34(21-17-29)48-23-32(43)25-50-39(46)27(3)4)36-13-9-8-12-35(36)37(44)41(40)30-10-6-5-7-11-30/h5-21,31-32,42-43H,1,3,22-25H2,2,4H3. The van der Waals surface area contributed by atoms with Crippen molar-refractivity contribution in [3.05, 3.63) is 150 Å². The van der Waals surface area contributed by atoms with Crippen molar-refractivity contribution in [3.8, 4) is 11.5 Å². The lowest BCUT2D eigenvalue weighted by Crippen LogP contribution is -2.46. The van der Waals surface area contributed by atoms with Crippen LogP contribution in [0, 0.1) is 0 Å². The van der Waals surface area contributed by atoms with E-state index in [1.54, 1.807) is 29.2 Å². The van der Waals surface area contributed by atoms with Gasteiger partial charge in [-0.15, -0.1) is 0 Å². The minimum Gasteiger partial charge on any atom is -0.491 e. The van der Waals surface area contributed by atoms with E-state index in [0.29, 0.717) is 22.7 Å². The van der Waals surface area contributed by atoms with E-state index in [0.717, 1.165) is 16.7 Å². The van der Waals surface area contributed by atoms with E-state index < -0.39 is 29.7 Å². The number of benzene rings is 4. The number of rotatable bonds is 15. The van der Waals surface area contributed by atoms with E-state index in [9.17, 15) is 24.6 Å². The molecular formula is C40H39NO9. The zero-order valence-electron chi connectivity index (χ0n) is 27.9. The summed E-state index contributed by atoms with van der Waals surface area (Å²) in [5, 5.41) is 20.6. The second-order valence-electron chi connectivity index (χ2n) is 12.0. The van der Waals surface area contributed by atoms with Gasteiger partial charge in [-0.1, -0.05) is 73.8 Å². The van der Waals surface area contributed by atoms with Gasteiger partial charge in [0.25, 0.3) is 5.91 Å². The van der Waals surface area contributed by atoms with Gasteiger partial charge in [0.1, 0.15) is 55.7 Å². The Morgan fingerprint density at radius 2 is 1.10 bits per heavy atom. The quantitative estimate of drug-likeness (QED) is 0.126. The van der Waals surface area contributed by atoms with Gasteiger partial charge in [0.2, 0.25) is 0 Å². The first-order chi connectivity index (χ1) is 24.0. The van der Waals surface area contributed by atoms with E-state index >= 15 is 0 Å². The highest BCUT2D eigenvalue weighted by Crippen LogP contribution is 2.51. The highest BCUT2D eigenvalue weighted by Gasteiger charge is 2.52. The summed E-state index contributed by atoms with van der Waals surface area (Å²) < 4.78 is 21.6. The first-order valence-corrected chi connectivity index (χ1v) is 16.0. The number of fused-ring (bicyclic) bond motifs is 1. The van der Waals surface area contributed by atoms with Crippen LogP contribution in [0.1, 0.15) is 40.9 Å². The average molecular weight is 678 g/mol. The van der Waals surface area contributed by atoms with Crippen molar-refractivity contribution < 1.29 is 43.5 Å². The lowest BCUT2D eigenvalue weighted by Gasteiger charge is -2.40. The molecule has 2 atom stereocenters. The third-order valence-corrected chi connectivity index (χ3v) is 8.04. The van der Waals surface area contributed by atoms with Crippen molar-refractivity contribution in [2.24, 2.45) is 0 Å². The first-order valence-electron chi connectivity index (χ1n) is 16.0. The molecule has 1 aliphatic rings. The number of hydrogen-bond acceptors (Lipinski definition) is 9. The molecule has 0 bridgehead atoms. The summed E-state index contributed by atoms with van der Waals surface area (Å²) in [5.41, 5.74) is 2.92. The Kier molecular flexibility index (Phi) is 11.2. The molecule has 0 saturated heterocycles. The Bertz CT molecular complexity index is 1770. The molecule has 50 heavy (non-hydrogen) atoms.